The second-order valence-electron chi connectivity index (χ2n) is 8.58. The SMILES string of the molecule is Cc1[nH]c(/C=C2\C(=O)Nc3ccc(F)cc32)c(C)c1CC(=O)CCN1CCN(C)CC1. The van der Waals surface area contributed by atoms with Gasteiger partial charge in [0.2, 0.25) is 0 Å². The van der Waals surface area contributed by atoms with Gasteiger partial charge in [-0.15, -0.1) is 0 Å². The third-order valence-corrected chi connectivity index (χ3v) is 6.36. The van der Waals surface area contributed by atoms with E-state index in [-0.39, 0.29) is 17.5 Å². The number of nitrogens with zero attached hydrogens (tertiary/aromatic N) is 2. The fourth-order valence-electron chi connectivity index (χ4n) is 4.31. The maximum Gasteiger partial charge on any atom is 0.256 e. The summed E-state index contributed by atoms with van der Waals surface area (Å²) in [4.78, 5) is 33.0. The number of fused-ring (bicyclic) bond motifs is 1. The molecule has 4 rings (SSSR count). The van der Waals surface area contributed by atoms with Crippen molar-refractivity contribution in [2.75, 3.05) is 45.1 Å². The maximum absolute atomic E-state index is 13.7. The van der Waals surface area contributed by atoms with Gasteiger partial charge in [-0.25, -0.2) is 4.39 Å². The second-order valence-corrected chi connectivity index (χ2v) is 8.58. The van der Waals surface area contributed by atoms with Crippen LogP contribution in [0.15, 0.2) is 18.2 Å². The van der Waals surface area contributed by atoms with Gasteiger partial charge in [0.25, 0.3) is 5.91 Å². The zero-order valence-electron chi connectivity index (χ0n) is 18.3. The first-order valence-electron chi connectivity index (χ1n) is 10.8. The number of hydrogen-bond donors (Lipinski definition) is 2. The van der Waals surface area contributed by atoms with Gasteiger partial charge in [0.05, 0.1) is 5.57 Å². The van der Waals surface area contributed by atoms with Crippen molar-refractivity contribution in [2.45, 2.75) is 26.7 Å². The van der Waals surface area contributed by atoms with Crippen LogP contribution in [0, 0.1) is 19.7 Å². The molecule has 0 saturated carbocycles. The average molecular weight is 425 g/mol. The standard InChI is InChI=1S/C24H29FN4O2/c1-15-19(13-18(30)6-7-29-10-8-28(3)9-11-29)16(2)26-23(15)14-21-20-12-17(25)4-5-22(20)27-24(21)31/h4-5,12,14,26H,6-11,13H2,1-3H3,(H,27,31)/b21-14-. The lowest BCUT2D eigenvalue weighted by Gasteiger charge is -2.32. The number of hydrogen-bond acceptors (Lipinski definition) is 4. The minimum atomic E-state index is -0.382. The van der Waals surface area contributed by atoms with Gasteiger partial charge in [0.15, 0.2) is 0 Å². The number of carbonyl (C=O) groups excluding carboxylic acids is 2. The van der Waals surface area contributed by atoms with Crippen molar-refractivity contribution < 1.29 is 14.0 Å². The normalized spacial score (nSPS) is 18.5. The highest BCUT2D eigenvalue weighted by molar-refractivity contribution is 6.34. The molecule has 7 heteroatoms. The van der Waals surface area contributed by atoms with Crippen LogP contribution in [0.5, 0.6) is 0 Å². The van der Waals surface area contributed by atoms with Crippen LogP contribution in [0.1, 0.15) is 34.5 Å². The number of rotatable bonds is 6. The number of Topliss-reactive ketones (excluding diaryl/α,β-unsaturated/α-hetero) is 1. The summed E-state index contributed by atoms with van der Waals surface area (Å²) in [5.41, 5.74) is 5.23. The first kappa shape index (κ1) is 21.5. The zero-order chi connectivity index (χ0) is 22.1. The Kier molecular flexibility index (Phi) is 6.07. The molecule has 0 bridgehead atoms. The lowest BCUT2D eigenvalue weighted by molar-refractivity contribution is -0.118. The Morgan fingerprint density at radius 3 is 2.68 bits per heavy atom. The molecule has 0 aliphatic carbocycles. The van der Waals surface area contributed by atoms with E-state index in [0.717, 1.165) is 55.2 Å². The van der Waals surface area contributed by atoms with Crippen molar-refractivity contribution in [3.05, 3.63) is 52.1 Å². The van der Waals surface area contributed by atoms with E-state index in [4.69, 9.17) is 0 Å². The van der Waals surface area contributed by atoms with Gasteiger partial charge in [-0.3, -0.25) is 9.59 Å². The van der Waals surface area contributed by atoms with Crippen LogP contribution < -0.4 is 5.32 Å². The molecule has 0 atom stereocenters. The van der Waals surface area contributed by atoms with E-state index in [2.05, 4.69) is 27.1 Å². The van der Waals surface area contributed by atoms with Gasteiger partial charge in [0, 0.05) is 68.2 Å². The van der Waals surface area contributed by atoms with Crippen LogP contribution >= 0.6 is 0 Å². The number of aromatic nitrogens is 1. The maximum atomic E-state index is 13.7. The lowest BCUT2D eigenvalue weighted by atomic mass is 10.0. The second kappa shape index (κ2) is 8.77. The van der Waals surface area contributed by atoms with E-state index >= 15 is 0 Å². The monoisotopic (exact) mass is 424 g/mol. The Bertz CT molecular complexity index is 1050. The summed E-state index contributed by atoms with van der Waals surface area (Å²) in [6.45, 7) is 8.81. The van der Waals surface area contributed by atoms with Crippen LogP contribution in [0.25, 0.3) is 11.6 Å². The van der Waals surface area contributed by atoms with E-state index < -0.39 is 0 Å². The molecule has 2 aliphatic rings. The fraction of sp³-hybridized carbons (Fsp3) is 0.417. The molecule has 31 heavy (non-hydrogen) atoms. The summed E-state index contributed by atoms with van der Waals surface area (Å²) >= 11 is 0. The van der Waals surface area contributed by atoms with E-state index in [1.54, 1.807) is 12.1 Å². The zero-order valence-corrected chi connectivity index (χ0v) is 18.3. The largest absolute Gasteiger partial charge is 0.359 e. The smallest absolute Gasteiger partial charge is 0.256 e. The summed E-state index contributed by atoms with van der Waals surface area (Å²) < 4.78 is 13.7. The Labute approximate surface area is 182 Å². The van der Waals surface area contributed by atoms with Gasteiger partial charge >= 0.3 is 0 Å². The van der Waals surface area contributed by atoms with Crippen LogP contribution in [-0.2, 0) is 16.0 Å². The van der Waals surface area contributed by atoms with Crippen molar-refractivity contribution in [3.63, 3.8) is 0 Å². The summed E-state index contributed by atoms with van der Waals surface area (Å²) in [5, 5.41) is 2.77. The molecule has 1 aromatic carbocycles. The molecule has 1 saturated heterocycles. The van der Waals surface area contributed by atoms with Crippen molar-refractivity contribution in [1.29, 1.82) is 0 Å². The van der Waals surface area contributed by atoms with E-state index in [1.807, 2.05) is 13.8 Å². The quantitative estimate of drug-likeness (QED) is 0.700. The summed E-state index contributed by atoms with van der Waals surface area (Å²) in [7, 11) is 2.12. The van der Waals surface area contributed by atoms with Gasteiger partial charge in [0.1, 0.15) is 11.6 Å². The number of halogens is 1. The fourth-order valence-corrected chi connectivity index (χ4v) is 4.31. The highest BCUT2D eigenvalue weighted by Crippen LogP contribution is 2.34. The molecular weight excluding hydrogens is 395 g/mol. The molecule has 2 aliphatic heterocycles. The summed E-state index contributed by atoms with van der Waals surface area (Å²) in [6.07, 6.45) is 2.67. The minimum Gasteiger partial charge on any atom is -0.359 e. The summed E-state index contributed by atoms with van der Waals surface area (Å²) in [6, 6.07) is 4.27. The minimum absolute atomic E-state index is 0.217. The lowest BCUT2D eigenvalue weighted by Crippen LogP contribution is -2.45. The molecule has 1 aromatic heterocycles. The Balaban J connectivity index is 1.47. The van der Waals surface area contributed by atoms with Crippen molar-refractivity contribution >= 4 is 29.0 Å². The highest BCUT2D eigenvalue weighted by Gasteiger charge is 2.25. The van der Waals surface area contributed by atoms with Crippen molar-refractivity contribution in [1.82, 2.24) is 14.8 Å². The third kappa shape index (κ3) is 4.62. The molecule has 6 nitrogen and oxygen atoms in total. The molecule has 0 spiro atoms. The Hall–Kier alpha value is -2.77. The average Bonchev–Trinajstić information content (AvgIpc) is 3.18. The molecule has 1 amide bonds. The number of ketones is 1. The molecule has 1 fully saturated rings. The number of aryl methyl sites for hydroxylation is 1. The third-order valence-electron chi connectivity index (χ3n) is 6.36. The Morgan fingerprint density at radius 1 is 1.19 bits per heavy atom. The molecular formula is C24H29FN4O2. The first-order chi connectivity index (χ1) is 14.8. The number of H-pyrrole nitrogens is 1. The van der Waals surface area contributed by atoms with Crippen LogP contribution in [-0.4, -0.2) is 66.2 Å². The molecule has 2 aromatic rings. The summed E-state index contributed by atoms with van der Waals surface area (Å²) in [5.74, 6) is -0.418. The number of anilines is 1. The molecule has 3 heterocycles. The van der Waals surface area contributed by atoms with Gasteiger partial charge in [-0.1, -0.05) is 0 Å². The number of benzene rings is 1. The van der Waals surface area contributed by atoms with Crippen LogP contribution in [0.4, 0.5) is 10.1 Å². The molecule has 0 radical (unpaired) electrons. The number of nitrogens with one attached hydrogen (secondary N) is 2. The van der Waals surface area contributed by atoms with Crippen LogP contribution in [0.3, 0.4) is 0 Å². The number of likely N-dealkylation sites (N-methyl/N-ethyl adjacent to an activating group) is 1. The predicted molar refractivity (Wildman–Crippen MR) is 120 cm³/mol. The number of carbonyl (C=O) groups is 2. The van der Waals surface area contributed by atoms with E-state index in [9.17, 15) is 14.0 Å². The molecule has 0 unspecified atom stereocenters. The number of aromatic amines is 1. The highest BCUT2D eigenvalue weighted by atomic mass is 19.1. The van der Waals surface area contributed by atoms with Gasteiger partial charge in [-0.05, 0) is 56.3 Å². The topological polar surface area (TPSA) is 68.4 Å². The van der Waals surface area contributed by atoms with E-state index in [0.29, 0.717) is 29.7 Å². The molecule has 164 valence electrons. The van der Waals surface area contributed by atoms with Crippen molar-refractivity contribution in [2.24, 2.45) is 0 Å². The van der Waals surface area contributed by atoms with Gasteiger partial charge in [-0.2, -0.15) is 0 Å². The van der Waals surface area contributed by atoms with Gasteiger partial charge < -0.3 is 20.1 Å². The first-order valence-corrected chi connectivity index (χ1v) is 10.8. The number of piperazine rings is 1. The Morgan fingerprint density at radius 2 is 1.94 bits per heavy atom. The van der Waals surface area contributed by atoms with Crippen molar-refractivity contribution in [3.8, 4) is 0 Å². The predicted octanol–water partition coefficient (Wildman–Crippen LogP) is 3.01. The van der Waals surface area contributed by atoms with Crippen LogP contribution in [0.2, 0.25) is 0 Å². The molecule has 2 N–H and O–H groups in total. The number of amides is 1. The van der Waals surface area contributed by atoms with E-state index in [1.165, 1.54) is 12.1 Å².